The van der Waals surface area contributed by atoms with E-state index in [2.05, 4.69) is 5.32 Å². The predicted octanol–water partition coefficient (Wildman–Crippen LogP) is 2.46. The van der Waals surface area contributed by atoms with Gasteiger partial charge >= 0.3 is 5.97 Å². The number of rotatable bonds is 7. The third-order valence-corrected chi connectivity index (χ3v) is 3.14. The second-order valence-corrected chi connectivity index (χ2v) is 4.82. The van der Waals surface area contributed by atoms with Gasteiger partial charge in [-0.05, 0) is 38.0 Å². The van der Waals surface area contributed by atoms with Crippen LogP contribution in [0.4, 0.5) is 0 Å². The summed E-state index contributed by atoms with van der Waals surface area (Å²) in [4.78, 5) is 23.3. The highest BCUT2D eigenvalue weighted by molar-refractivity contribution is 5.98. The molecule has 5 nitrogen and oxygen atoms in total. The van der Waals surface area contributed by atoms with Crippen LogP contribution in [0, 0.1) is 0 Å². The first kappa shape index (κ1) is 16.0. The zero-order valence-corrected chi connectivity index (χ0v) is 12.1. The van der Waals surface area contributed by atoms with E-state index in [9.17, 15) is 9.59 Å². The van der Waals surface area contributed by atoms with Gasteiger partial charge in [-0.3, -0.25) is 4.79 Å². The summed E-state index contributed by atoms with van der Waals surface area (Å²) in [6.45, 7) is 5.78. The van der Waals surface area contributed by atoms with Crippen LogP contribution in [-0.2, 0) is 4.79 Å². The molecule has 1 rings (SSSR count). The van der Waals surface area contributed by atoms with Gasteiger partial charge in [-0.2, -0.15) is 0 Å². The molecule has 20 heavy (non-hydrogen) atoms. The van der Waals surface area contributed by atoms with E-state index in [1.807, 2.05) is 6.92 Å². The molecular formula is C15H21NO4. The molecule has 5 heteroatoms. The Morgan fingerprint density at radius 3 is 2.60 bits per heavy atom. The predicted molar refractivity (Wildman–Crippen MR) is 76.0 cm³/mol. The van der Waals surface area contributed by atoms with E-state index in [1.165, 1.54) is 6.92 Å². The number of hydrogen-bond donors (Lipinski definition) is 2. The summed E-state index contributed by atoms with van der Waals surface area (Å²) in [5.74, 6) is -0.863. The zero-order valence-electron chi connectivity index (χ0n) is 12.1. The zero-order chi connectivity index (χ0) is 15.2. The molecule has 0 aromatic heterocycles. The highest BCUT2D eigenvalue weighted by Crippen LogP contribution is 2.16. The lowest BCUT2D eigenvalue weighted by molar-refractivity contribution is -0.143. The molecule has 0 saturated heterocycles. The van der Waals surface area contributed by atoms with E-state index >= 15 is 0 Å². The normalized spacial score (nSPS) is 13.3. The standard InChI is InChI=1S/C15H21NO4/c1-4-9-20-12-8-6-7-11(10-12)13(17)16-15(3,5-2)14(18)19/h6-8,10H,4-5,9H2,1-3H3,(H,16,17)(H,18,19). The first-order chi connectivity index (χ1) is 9.42. The molecule has 0 fully saturated rings. The summed E-state index contributed by atoms with van der Waals surface area (Å²) in [6, 6.07) is 6.72. The SMILES string of the molecule is CCCOc1cccc(C(=O)NC(C)(CC)C(=O)O)c1. The topological polar surface area (TPSA) is 75.6 Å². The van der Waals surface area contributed by atoms with Crippen molar-refractivity contribution in [2.24, 2.45) is 0 Å². The van der Waals surface area contributed by atoms with Crippen molar-refractivity contribution in [3.63, 3.8) is 0 Å². The summed E-state index contributed by atoms with van der Waals surface area (Å²) in [5, 5.41) is 11.7. The van der Waals surface area contributed by atoms with Crippen molar-refractivity contribution in [2.45, 2.75) is 39.2 Å². The molecule has 0 spiro atoms. The molecule has 0 aliphatic carbocycles. The van der Waals surface area contributed by atoms with Gasteiger partial charge < -0.3 is 15.2 Å². The van der Waals surface area contributed by atoms with Crippen molar-refractivity contribution in [2.75, 3.05) is 6.61 Å². The molecule has 1 atom stereocenters. The van der Waals surface area contributed by atoms with Gasteiger partial charge in [0.1, 0.15) is 11.3 Å². The van der Waals surface area contributed by atoms with E-state index in [0.717, 1.165) is 6.42 Å². The van der Waals surface area contributed by atoms with Gasteiger partial charge in [-0.1, -0.05) is 19.9 Å². The van der Waals surface area contributed by atoms with E-state index in [-0.39, 0.29) is 0 Å². The number of carbonyl (C=O) groups is 2. The lowest BCUT2D eigenvalue weighted by Crippen LogP contribution is -2.51. The Morgan fingerprint density at radius 2 is 2.05 bits per heavy atom. The minimum absolute atomic E-state index is 0.306. The van der Waals surface area contributed by atoms with Gasteiger partial charge in [0.05, 0.1) is 6.61 Å². The Kier molecular flexibility index (Phi) is 5.55. The number of nitrogens with one attached hydrogen (secondary N) is 1. The van der Waals surface area contributed by atoms with Gasteiger partial charge in [0.2, 0.25) is 0 Å². The van der Waals surface area contributed by atoms with Crippen molar-refractivity contribution in [1.29, 1.82) is 0 Å². The fourth-order valence-corrected chi connectivity index (χ4v) is 1.56. The summed E-state index contributed by atoms with van der Waals surface area (Å²) in [6.07, 6.45) is 1.18. The Labute approximate surface area is 118 Å². The Balaban J connectivity index is 2.84. The minimum atomic E-state index is -1.27. The van der Waals surface area contributed by atoms with Gasteiger partial charge in [0, 0.05) is 5.56 Å². The smallest absolute Gasteiger partial charge is 0.329 e. The van der Waals surface area contributed by atoms with Gasteiger partial charge in [0.15, 0.2) is 0 Å². The van der Waals surface area contributed by atoms with Crippen molar-refractivity contribution < 1.29 is 19.4 Å². The Hall–Kier alpha value is -2.04. The number of benzene rings is 1. The monoisotopic (exact) mass is 279 g/mol. The summed E-state index contributed by atoms with van der Waals surface area (Å²) in [7, 11) is 0. The van der Waals surface area contributed by atoms with E-state index in [1.54, 1.807) is 31.2 Å². The molecule has 110 valence electrons. The second kappa shape index (κ2) is 6.93. The van der Waals surface area contributed by atoms with Crippen molar-refractivity contribution in [3.8, 4) is 5.75 Å². The van der Waals surface area contributed by atoms with Crippen molar-refractivity contribution >= 4 is 11.9 Å². The van der Waals surface area contributed by atoms with Crippen LogP contribution in [0.15, 0.2) is 24.3 Å². The number of carboxylic acids is 1. The third kappa shape index (κ3) is 3.98. The lowest BCUT2D eigenvalue weighted by Gasteiger charge is -2.24. The molecule has 0 radical (unpaired) electrons. The molecule has 0 heterocycles. The number of aliphatic carboxylic acids is 1. The van der Waals surface area contributed by atoms with Crippen LogP contribution < -0.4 is 10.1 Å². The number of amides is 1. The molecule has 1 amide bonds. The van der Waals surface area contributed by atoms with Crippen LogP contribution in [0.5, 0.6) is 5.75 Å². The van der Waals surface area contributed by atoms with Gasteiger partial charge in [-0.25, -0.2) is 4.79 Å². The maximum Gasteiger partial charge on any atom is 0.329 e. The van der Waals surface area contributed by atoms with E-state index in [4.69, 9.17) is 9.84 Å². The maximum atomic E-state index is 12.1. The number of ether oxygens (including phenoxy) is 1. The number of hydrogen-bond acceptors (Lipinski definition) is 3. The summed E-state index contributed by atoms with van der Waals surface area (Å²) < 4.78 is 5.45. The quantitative estimate of drug-likeness (QED) is 0.804. The molecule has 0 aliphatic heterocycles. The van der Waals surface area contributed by atoms with Crippen molar-refractivity contribution in [1.82, 2.24) is 5.32 Å². The largest absolute Gasteiger partial charge is 0.494 e. The van der Waals surface area contributed by atoms with Crippen LogP contribution in [0.25, 0.3) is 0 Å². The van der Waals surface area contributed by atoms with Crippen molar-refractivity contribution in [3.05, 3.63) is 29.8 Å². The molecule has 0 saturated carbocycles. The lowest BCUT2D eigenvalue weighted by atomic mass is 9.98. The van der Waals surface area contributed by atoms with E-state index in [0.29, 0.717) is 24.3 Å². The Morgan fingerprint density at radius 1 is 1.35 bits per heavy atom. The molecule has 1 aromatic rings. The van der Waals surface area contributed by atoms with Gasteiger partial charge in [-0.15, -0.1) is 0 Å². The third-order valence-electron chi connectivity index (χ3n) is 3.14. The average molecular weight is 279 g/mol. The molecule has 1 aromatic carbocycles. The van der Waals surface area contributed by atoms with Crippen LogP contribution >= 0.6 is 0 Å². The Bertz CT molecular complexity index is 487. The average Bonchev–Trinajstić information content (AvgIpc) is 2.45. The van der Waals surface area contributed by atoms with E-state index < -0.39 is 17.4 Å². The second-order valence-electron chi connectivity index (χ2n) is 4.82. The minimum Gasteiger partial charge on any atom is -0.494 e. The fraction of sp³-hybridized carbons (Fsp3) is 0.467. The summed E-state index contributed by atoms with van der Waals surface area (Å²) >= 11 is 0. The van der Waals surface area contributed by atoms with Crippen LogP contribution in [0.2, 0.25) is 0 Å². The summed E-state index contributed by atoms with van der Waals surface area (Å²) in [5.41, 5.74) is -0.878. The molecule has 1 unspecified atom stereocenters. The number of carbonyl (C=O) groups excluding carboxylic acids is 1. The van der Waals surface area contributed by atoms with Crippen LogP contribution in [0.3, 0.4) is 0 Å². The first-order valence-electron chi connectivity index (χ1n) is 6.71. The molecule has 0 aliphatic rings. The molecule has 2 N–H and O–H groups in total. The maximum absolute atomic E-state index is 12.1. The molecule has 0 bridgehead atoms. The van der Waals surface area contributed by atoms with Crippen LogP contribution in [-0.4, -0.2) is 29.1 Å². The van der Waals surface area contributed by atoms with Gasteiger partial charge in [0.25, 0.3) is 5.91 Å². The molecular weight excluding hydrogens is 258 g/mol. The fourth-order valence-electron chi connectivity index (χ4n) is 1.56. The number of carboxylic acid groups (broad SMARTS) is 1. The first-order valence-corrected chi connectivity index (χ1v) is 6.71. The highest BCUT2D eigenvalue weighted by atomic mass is 16.5. The highest BCUT2D eigenvalue weighted by Gasteiger charge is 2.33. The van der Waals surface area contributed by atoms with Crippen LogP contribution in [0.1, 0.15) is 44.0 Å².